The molecule has 0 atom stereocenters. The first kappa shape index (κ1) is 13.2. The van der Waals surface area contributed by atoms with Crippen molar-refractivity contribution in [1.29, 1.82) is 0 Å². The highest BCUT2D eigenvalue weighted by atomic mass is 16.7. The van der Waals surface area contributed by atoms with Crippen molar-refractivity contribution in [2.45, 2.75) is 81.8 Å². The Kier molecular flexibility index (Phi) is 3.31. The van der Waals surface area contributed by atoms with E-state index in [4.69, 9.17) is 9.31 Å². The lowest BCUT2D eigenvalue weighted by Gasteiger charge is -2.48. The number of rotatable bonds is 1. The maximum absolute atomic E-state index is 6.63. The van der Waals surface area contributed by atoms with Crippen LogP contribution in [0.1, 0.15) is 70.6 Å². The van der Waals surface area contributed by atoms with Crippen LogP contribution in [0.2, 0.25) is 0 Å². The minimum absolute atomic E-state index is 0.0214. The smallest absolute Gasteiger partial charge is 0.399 e. The van der Waals surface area contributed by atoms with E-state index >= 15 is 0 Å². The fraction of sp³-hybridized carbons (Fsp3) is 0.765. The van der Waals surface area contributed by atoms with E-state index in [2.05, 4.69) is 18.2 Å². The Hall–Kier alpha value is -0.535. The van der Waals surface area contributed by atoms with Gasteiger partial charge < -0.3 is 9.31 Å². The van der Waals surface area contributed by atoms with Crippen LogP contribution >= 0.6 is 0 Å². The largest absolute Gasteiger partial charge is 0.494 e. The zero-order valence-electron chi connectivity index (χ0n) is 12.4. The molecule has 0 bridgehead atoms. The van der Waals surface area contributed by atoms with Gasteiger partial charge in [-0.25, -0.2) is 0 Å². The monoisotopic (exact) mass is 272 g/mol. The van der Waals surface area contributed by atoms with E-state index in [1.165, 1.54) is 69.7 Å². The molecule has 0 aromatic rings. The molecule has 0 amide bonds. The molecule has 3 aliphatic carbocycles. The van der Waals surface area contributed by atoms with Crippen LogP contribution in [0.5, 0.6) is 0 Å². The van der Waals surface area contributed by atoms with E-state index in [9.17, 15) is 0 Å². The van der Waals surface area contributed by atoms with Crippen molar-refractivity contribution in [1.82, 2.24) is 0 Å². The topological polar surface area (TPSA) is 18.5 Å². The molecule has 1 saturated heterocycles. The predicted octanol–water partition coefficient (Wildman–Crippen LogP) is 4.35. The molecular weight excluding hydrogens is 247 g/mol. The first-order chi connectivity index (χ1) is 9.84. The number of allylic oxidation sites excluding steroid dienone is 4. The van der Waals surface area contributed by atoms with E-state index in [0.717, 1.165) is 6.42 Å². The van der Waals surface area contributed by atoms with Crippen LogP contribution in [-0.2, 0) is 9.31 Å². The summed E-state index contributed by atoms with van der Waals surface area (Å²) in [5, 5.41) is 0. The summed E-state index contributed by atoms with van der Waals surface area (Å²) in [6, 6.07) is 0. The van der Waals surface area contributed by atoms with Crippen LogP contribution in [0, 0.1) is 0 Å². The summed E-state index contributed by atoms with van der Waals surface area (Å²) in [6.07, 6.45) is 20.5. The van der Waals surface area contributed by atoms with Gasteiger partial charge in [0.2, 0.25) is 0 Å². The van der Waals surface area contributed by atoms with E-state index in [-0.39, 0.29) is 18.3 Å². The summed E-state index contributed by atoms with van der Waals surface area (Å²) in [5.74, 6) is 0. The molecule has 0 aromatic carbocycles. The molecule has 2 spiro atoms. The quantitative estimate of drug-likeness (QED) is 0.660. The summed E-state index contributed by atoms with van der Waals surface area (Å²) in [6.45, 7) is 0. The number of fused-ring (bicyclic) bond motifs is 1. The Morgan fingerprint density at radius 1 is 0.800 bits per heavy atom. The van der Waals surface area contributed by atoms with Crippen LogP contribution in [0.25, 0.3) is 0 Å². The Morgan fingerprint density at radius 2 is 1.35 bits per heavy atom. The molecule has 0 N–H and O–H groups in total. The third-order valence-corrected chi connectivity index (χ3v) is 5.89. The van der Waals surface area contributed by atoms with Gasteiger partial charge in [-0.05, 0) is 37.6 Å². The predicted molar refractivity (Wildman–Crippen MR) is 81.4 cm³/mol. The lowest BCUT2D eigenvalue weighted by atomic mass is 9.66. The zero-order chi connectivity index (χ0) is 13.5. The second-order valence-electron chi connectivity index (χ2n) is 7.02. The van der Waals surface area contributed by atoms with Crippen LogP contribution in [0.4, 0.5) is 0 Å². The van der Waals surface area contributed by atoms with Gasteiger partial charge >= 0.3 is 7.12 Å². The number of hydrogen-bond donors (Lipinski definition) is 0. The van der Waals surface area contributed by atoms with E-state index in [1.54, 1.807) is 0 Å². The maximum atomic E-state index is 6.63. The van der Waals surface area contributed by atoms with Gasteiger partial charge in [-0.15, -0.1) is 0 Å². The average molecular weight is 272 g/mol. The second-order valence-corrected chi connectivity index (χ2v) is 7.02. The van der Waals surface area contributed by atoms with Crippen molar-refractivity contribution in [3.63, 3.8) is 0 Å². The lowest BCUT2D eigenvalue weighted by Crippen LogP contribution is -2.53. The molecule has 20 heavy (non-hydrogen) atoms. The molecule has 2 saturated carbocycles. The molecule has 4 aliphatic rings. The fourth-order valence-electron chi connectivity index (χ4n) is 4.83. The second kappa shape index (κ2) is 5.03. The highest BCUT2D eigenvalue weighted by molar-refractivity contribution is 6.55. The summed E-state index contributed by atoms with van der Waals surface area (Å²) in [4.78, 5) is 0. The minimum atomic E-state index is -0.0926. The van der Waals surface area contributed by atoms with Crippen LogP contribution in [-0.4, -0.2) is 18.3 Å². The molecule has 3 heteroatoms. The molecule has 2 nitrogen and oxygen atoms in total. The van der Waals surface area contributed by atoms with Crippen molar-refractivity contribution < 1.29 is 9.31 Å². The molecular formula is C17H25BO2. The van der Waals surface area contributed by atoms with Crippen LogP contribution in [0.15, 0.2) is 23.7 Å². The van der Waals surface area contributed by atoms with E-state index in [1.807, 2.05) is 0 Å². The van der Waals surface area contributed by atoms with Crippen molar-refractivity contribution in [2.24, 2.45) is 0 Å². The van der Waals surface area contributed by atoms with Gasteiger partial charge in [0.1, 0.15) is 0 Å². The molecule has 4 rings (SSSR count). The molecule has 1 aliphatic heterocycles. The van der Waals surface area contributed by atoms with E-state index < -0.39 is 0 Å². The maximum Gasteiger partial charge on any atom is 0.494 e. The first-order valence-electron chi connectivity index (χ1n) is 8.56. The Morgan fingerprint density at radius 3 is 1.80 bits per heavy atom. The van der Waals surface area contributed by atoms with E-state index in [0.29, 0.717) is 0 Å². The summed E-state index contributed by atoms with van der Waals surface area (Å²) in [5.41, 5.74) is 1.30. The van der Waals surface area contributed by atoms with Gasteiger partial charge in [0.05, 0.1) is 11.2 Å². The van der Waals surface area contributed by atoms with Crippen molar-refractivity contribution in [3.8, 4) is 0 Å². The molecule has 0 unspecified atom stereocenters. The summed E-state index contributed by atoms with van der Waals surface area (Å²) >= 11 is 0. The highest BCUT2D eigenvalue weighted by Gasteiger charge is 2.61. The highest BCUT2D eigenvalue weighted by Crippen LogP contribution is 2.54. The van der Waals surface area contributed by atoms with Crippen LogP contribution in [0.3, 0.4) is 0 Å². The number of hydrogen-bond acceptors (Lipinski definition) is 2. The molecule has 108 valence electrons. The third kappa shape index (κ3) is 1.94. The van der Waals surface area contributed by atoms with Crippen molar-refractivity contribution in [2.75, 3.05) is 0 Å². The molecule has 0 radical (unpaired) electrons. The van der Waals surface area contributed by atoms with Gasteiger partial charge in [-0.1, -0.05) is 56.8 Å². The van der Waals surface area contributed by atoms with Gasteiger partial charge in [0.25, 0.3) is 0 Å². The lowest BCUT2D eigenvalue weighted by molar-refractivity contribution is -0.0923. The molecule has 0 aromatic heterocycles. The van der Waals surface area contributed by atoms with Crippen LogP contribution < -0.4 is 0 Å². The van der Waals surface area contributed by atoms with Gasteiger partial charge in [-0.3, -0.25) is 0 Å². The van der Waals surface area contributed by atoms with Gasteiger partial charge in [0, 0.05) is 0 Å². The molecule has 1 heterocycles. The fourth-order valence-corrected chi connectivity index (χ4v) is 4.83. The SMILES string of the molecule is C1=CC(B2OC3(CCCCC3)C3(CCCCC3)O2)=CC1. The third-order valence-electron chi connectivity index (χ3n) is 5.89. The normalized spacial score (nSPS) is 31.2. The van der Waals surface area contributed by atoms with Gasteiger partial charge in [-0.2, -0.15) is 0 Å². The summed E-state index contributed by atoms with van der Waals surface area (Å²) < 4.78 is 13.3. The van der Waals surface area contributed by atoms with Gasteiger partial charge in [0.15, 0.2) is 0 Å². The van der Waals surface area contributed by atoms with Crippen molar-refractivity contribution in [3.05, 3.63) is 23.7 Å². The molecule has 3 fully saturated rings. The zero-order valence-corrected chi connectivity index (χ0v) is 12.4. The first-order valence-corrected chi connectivity index (χ1v) is 8.56. The standard InChI is InChI=1S/C17H25BO2/c1-5-11-16(12-6-1)17(13-7-2-8-14-17)20-18(19-16)15-9-3-4-10-15/h3,9-10H,1-2,4-8,11-14H2. The minimum Gasteiger partial charge on any atom is -0.399 e. The average Bonchev–Trinajstić information content (AvgIpc) is 3.10. The Labute approximate surface area is 122 Å². The van der Waals surface area contributed by atoms with Crippen molar-refractivity contribution >= 4 is 7.12 Å². The Bertz CT molecular complexity index is 402. The summed E-state index contributed by atoms with van der Waals surface area (Å²) in [7, 11) is -0.0926. The Balaban J connectivity index is 1.65.